The van der Waals surface area contributed by atoms with Crippen LogP contribution in [0.25, 0.3) is 0 Å². The molecule has 1 saturated heterocycles. The highest BCUT2D eigenvalue weighted by Gasteiger charge is 2.33. The summed E-state index contributed by atoms with van der Waals surface area (Å²) in [6.07, 6.45) is 0.709. The van der Waals surface area contributed by atoms with E-state index in [9.17, 15) is 8.42 Å². The molecule has 0 bridgehead atoms. The number of benzene rings is 1. The molecule has 1 unspecified atom stereocenters. The van der Waals surface area contributed by atoms with Crippen LogP contribution in [0.3, 0.4) is 0 Å². The molecule has 0 radical (unpaired) electrons. The van der Waals surface area contributed by atoms with E-state index in [-0.39, 0.29) is 24.0 Å². The van der Waals surface area contributed by atoms with Gasteiger partial charge in [0.2, 0.25) is 10.0 Å². The highest BCUT2D eigenvalue weighted by Crippen LogP contribution is 2.25. The first-order valence-corrected chi connectivity index (χ1v) is 7.42. The van der Waals surface area contributed by atoms with E-state index >= 15 is 0 Å². The molecule has 0 saturated carbocycles. The molecule has 1 heterocycles. The molecule has 6 heteroatoms. The van der Waals surface area contributed by atoms with E-state index in [1.807, 2.05) is 0 Å². The second-order valence-electron chi connectivity index (χ2n) is 4.51. The second kappa shape index (κ2) is 5.36. The number of hydrogen-bond donors (Lipinski definition) is 2. The fourth-order valence-corrected chi connectivity index (χ4v) is 3.99. The van der Waals surface area contributed by atoms with Gasteiger partial charge in [-0.25, -0.2) is 8.42 Å². The zero-order chi connectivity index (χ0) is 13.2. The topological polar surface area (TPSA) is 83.6 Å². The summed E-state index contributed by atoms with van der Waals surface area (Å²) in [7, 11) is -3.48. The summed E-state index contributed by atoms with van der Waals surface area (Å²) in [6, 6.07) is 6.80. The van der Waals surface area contributed by atoms with Gasteiger partial charge in [-0.05, 0) is 24.0 Å². The number of aliphatic hydroxyl groups excluding tert-OH is 1. The first-order valence-electron chi connectivity index (χ1n) is 5.98. The number of hydrogen-bond acceptors (Lipinski definition) is 4. The Morgan fingerprint density at radius 1 is 1.39 bits per heavy atom. The number of nitrogens with zero attached hydrogens (tertiary/aromatic N) is 1. The van der Waals surface area contributed by atoms with Crippen LogP contribution in [-0.4, -0.2) is 37.5 Å². The van der Waals surface area contributed by atoms with Crippen LogP contribution in [0.15, 0.2) is 29.2 Å². The fourth-order valence-electron chi connectivity index (χ4n) is 2.23. The lowest BCUT2D eigenvalue weighted by atomic mass is 10.1. The Morgan fingerprint density at radius 3 is 2.72 bits per heavy atom. The van der Waals surface area contributed by atoms with Crippen molar-refractivity contribution in [3.8, 4) is 0 Å². The molecule has 0 aromatic heterocycles. The molecule has 1 atom stereocenters. The minimum Gasteiger partial charge on any atom is -0.396 e. The second-order valence-corrected chi connectivity index (χ2v) is 6.42. The monoisotopic (exact) mass is 270 g/mol. The fraction of sp³-hybridized carbons (Fsp3) is 0.500. The van der Waals surface area contributed by atoms with E-state index in [0.29, 0.717) is 25.1 Å². The van der Waals surface area contributed by atoms with Crippen LogP contribution < -0.4 is 5.73 Å². The first-order chi connectivity index (χ1) is 8.59. The van der Waals surface area contributed by atoms with Crippen LogP contribution in [0, 0.1) is 5.92 Å². The van der Waals surface area contributed by atoms with Gasteiger partial charge in [0, 0.05) is 26.2 Å². The van der Waals surface area contributed by atoms with Gasteiger partial charge in [-0.1, -0.05) is 18.2 Å². The minimum atomic E-state index is -3.48. The maximum atomic E-state index is 12.5. The molecule has 2 rings (SSSR count). The highest BCUT2D eigenvalue weighted by atomic mass is 32.2. The van der Waals surface area contributed by atoms with Crippen molar-refractivity contribution in [2.45, 2.75) is 17.9 Å². The van der Waals surface area contributed by atoms with Crippen molar-refractivity contribution in [2.75, 3.05) is 19.7 Å². The summed E-state index contributed by atoms with van der Waals surface area (Å²) < 4.78 is 26.4. The summed E-state index contributed by atoms with van der Waals surface area (Å²) >= 11 is 0. The first kappa shape index (κ1) is 13.5. The molecule has 18 heavy (non-hydrogen) atoms. The van der Waals surface area contributed by atoms with Gasteiger partial charge in [0.25, 0.3) is 0 Å². The summed E-state index contributed by atoms with van der Waals surface area (Å²) in [5.74, 6) is 0.0461. The molecule has 0 spiro atoms. The van der Waals surface area contributed by atoms with Crippen LogP contribution >= 0.6 is 0 Å². The van der Waals surface area contributed by atoms with Gasteiger partial charge in [0.1, 0.15) is 0 Å². The predicted molar refractivity (Wildman–Crippen MR) is 68.3 cm³/mol. The van der Waals surface area contributed by atoms with Crippen LogP contribution in [-0.2, 0) is 16.6 Å². The van der Waals surface area contributed by atoms with Crippen LogP contribution in [0.5, 0.6) is 0 Å². The van der Waals surface area contributed by atoms with Crippen molar-refractivity contribution in [3.05, 3.63) is 29.8 Å². The summed E-state index contributed by atoms with van der Waals surface area (Å²) in [4.78, 5) is 0.283. The standard InChI is InChI=1S/C12H18N2O3S/c13-7-11-3-1-2-4-12(11)18(16,17)14-6-5-10(8-14)9-15/h1-4,10,15H,5-9,13H2. The average Bonchev–Trinajstić information content (AvgIpc) is 2.88. The van der Waals surface area contributed by atoms with Crippen LogP contribution in [0.4, 0.5) is 0 Å². The largest absolute Gasteiger partial charge is 0.396 e. The number of sulfonamides is 1. The molecule has 0 aliphatic carbocycles. The van der Waals surface area contributed by atoms with E-state index in [2.05, 4.69) is 0 Å². The van der Waals surface area contributed by atoms with Gasteiger partial charge in [-0.15, -0.1) is 0 Å². The molecule has 1 fully saturated rings. The van der Waals surface area contributed by atoms with E-state index < -0.39 is 10.0 Å². The zero-order valence-corrected chi connectivity index (χ0v) is 10.9. The molecule has 1 aromatic carbocycles. The molecule has 1 aromatic rings. The number of aliphatic hydroxyl groups is 1. The predicted octanol–water partition coefficient (Wildman–Crippen LogP) is 0.148. The summed E-state index contributed by atoms with van der Waals surface area (Å²) in [6.45, 7) is 1.08. The van der Waals surface area contributed by atoms with Crippen molar-refractivity contribution < 1.29 is 13.5 Å². The van der Waals surface area contributed by atoms with E-state index in [1.165, 1.54) is 4.31 Å². The Bertz CT molecular complexity index is 516. The van der Waals surface area contributed by atoms with E-state index in [0.717, 1.165) is 0 Å². The molecule has 1 aliphatic rings. The molecule has 3 N–H and O–H groups in total. The van der Waals surface area contributed by atoms with Crippen molar-refractivity contribution >= 4 is 10.0 Å². The molecule has 5 nitrogen and oxygen atoms in total. The van der Waals surface area contributed by atoms with Gasteiger partial charge in [-0.2, -0.15) is 4.31 Å². The Hall–Kier alpha value is -0.950. The van der Waals surface area contributed by atoms with Crippen molar-refractivity contribution in [3.63, 3.8) is 0 Å². The Morgan fingerprint density at radius 2 is 2.11 bits per heavy atom. The van der Waals surface area contributed by atoms with Crippen molar-refractivity contribution in [1.29, 1.82) is 0 Å². The zero-order valence-electron chi connectivity index (χ0n) is 10.1. The minimum absolute atomic E-state index is 0.0323. The Labute approximate surface area is 107 Å². The van der Waals surface area contributed by atoms with Gasteiger partial charge < -0.3 is 10.8 Å². The third kappa shape index (κ3) is 2.42. The van der Waals surface area contributed by atoms with Crippen LogP contribution in [0.2, 0.25) is 0 Å². The average molecular weight is 270 g/mol. The maximum Gasteiger partial charge on any atom is 0.243 e. The lowest BCUT2D eigenvalue weighted by Crippen LogP contribution is -2.30. The van der Waals surface area contributed by atoms with Gasteiger partial charge >= 0.3 is 0 Å². The summed E-state index contributed by atoms with van der Waals surface area (Å²) in [5.41, 5.74) is 6.21. The maximum absolute atomic E-state index is 12.5. The Balaban J connectivity index is 2.31. The lowest BCUT2D eigenvalue weighted by molar-refractivity contribution is 0.233. The Kier molecular flexibility index (Phi) is 4.01. The van der Waals surface area contributed by atoms with E-state index in [1.54, 1.807) is 24.3 Å². The number of nitrogens with two attached hydrogens (primary N) is 1. The van der Waals surface area contributed by atoms with Crippen molar-refractivity contribution in [1.82, 2.24) is 4.31 Å². The molecular weight excluding hydrogens is 252 g/mol. The van der Waals surface area contributed by atoms with Gasteiger partial charge in [0.05, 0.1) is 4.90 Å². The highest BCUT2D eigenvalue weighted by molar-refractivity contribution is 7.89. The molecule has 1 aliphatic heterocycles. The van der Waals surface area contributed by atoms with E-state index in [4.69, 9.17) is 10.8 Å². The summed E-state index contributed by atoms with van der Waals surface area (Å²) in [5, 5.41) is 9.08. The molecule has 0 amide bonds. The quantitative estimate of drug-likeness (QED) is 0.815. The van der Waals surface area contributed by atoms with Gasteiger partial charge in [0.15, 0.2) is 0 Å². The number of rotatable bonds is 4. The molecule has 100 valence electrons. The lowest BCUT2D eigenvalue weighted by Gasteiger charge is -2.18. The molecular formula is C12H18N2O3S. The normalized spacial score (nSPS) is 21.3. The SMILES string of the molecule is NCc1ccccc1S(=O)(=O)N1CCC(CO)C1. The third-order valence-corrected chi connectivity index (χ3v) is 5.28. The van der Waals surface area contributed by atoms with Crippen LogP contribution in [0.1, 0.15) is 12.0 Å². The van der Waals surface area contributed by atoms with Gasteiger partial charge in [-0.3, -0.25) is 0 Å². The van der Waals surface area contributed by atoms with Crippen molar-refractivity contribution in [2.24, 2.45) is 11.7 Å². The third-order valence-electron chi connectivity index (χ3n) is 3.32. The smallest absolute Gasteiger partial charge is 0.243 e.